The van der Waals surface area contributed by atoms with Gasteiger partial charge in [0.05, 0.1) is 18.4 Å². The summed E-state index contributed by atoms with van der Waals surface area (Å²) >= 11 is 0. The molecular weight excluding hydrogens is 296 g/mol. The molecule has 124 valence electrons. The standard InChI is InChI=1S/C17H22N2O4/c1-11-14(12(2)23-18-11)10-17(21)19-7-3-5-13(19)9-15(20)16-6-4-8-22-16/h4,6,8,13,15,20H,3,5,7,9-10H2,1-2H3. The first-order chi connectivity index (χ1) is 11.1. The fourth-order valence-electron chi connectivity index (χ4n) is 3.27. The minimum Gasteiger partial charge on any atom is -0.467 e. The van der Waals surface area contributed by atoms with Crippen LogP contribution in [0.4, 0.5) is 0 Å². The molecule has 0 saturated carbocycles. The maximum absolute atomic E-state index is 12.6. The molecular formula is C17H22N2O4. The number of rotatable bonds is 5. The van der Waals surface area contributed by atoms with Gasteiger partial charge in [0.2, 0.25) is 5.91 Å². The Balaban J connectivity index is 1.65. The van der Waals surface area contributed by atoms with Crippen LogP contribution in [0, 0.1) is 13.8 Å². The predicted octanol–water partition coefficient (Wildman–Crippen LogP) is 2.54. The first kappa shape index (κ1) is 15.8. The third-order valence-electron chi connectivity index (χ3n) is 4.57. The van der Waals surface area contributed by atoms with E-state index in [-0.39, 0.29) is 11.9 Å². The Bertz CT molecular complexity index is 643. The lowest BCUT2D eigenvalue weighted by Crippen LogP contribution is -2.37. The lowest BCUT2D eigenvalue weighted by molar-refractivity contribution is -0.131. The van der Waals surface area contributed by atoms with Crippen LogP contribution in [0.2, 0.25) is 0 Å². The number of amides is 1. The number of carbonyl (C=O) groups is 1. The molecule has 1 saturated heterocycles. The molecule has 3 rings (SSSR count). The summed E-state index contributed by atoms with van der Waals surface area (Å²) < 4.78 is 10.4. The Labute approximate surface area is 135 Å². The summed E-state index contributed by atoms with van der Waals surface area (Å²) in [6.07, 6.45) is 3.54. The smallest absolute Gasteiger partial charge is 0.227 e. The highest BCUT2D eigenvalue weighted by Gasteiger charge is 2.32. The molecule has 6 heteroatoms. The van der Waals surface area contributed by atoms with E-state index in [1.807, 2.05) is 18.7 Å². The molecule has 1 aliphatic heterocycles. The van der Waals surface area contributed by atoms with Gasteiger partial charge in [0.15, 0.2) is 0 Å². The van der Waals surface area contributed by atoms with Crippen molar-refractivity contribution in [3.05, 3.63) is 41.2 Å². The molecule has 23 heavy (non-hydrogen) atoms. The molecule has 1 amide bonds. The molecule has 3 heterocycles. The summed E-state index contributed by atoms with van der Waals surface area (Å²) in [5.41, 5.74) is 1.63. The van der Waals surface area contributed by atoms with E-state index >= 15 is 0 Å². The largest absolute Gasteiger partial charge is 0.467 e. The van der Waals surface area contributed by atoms with Gasteiger partial charge < -0.3 is 18.9 Å². The van der Waals surface area contributed by atoms with Gasteiger partial charge in [-0.25, -0.2) is 0 Å². The first-order valence-electron chi connectivity index (χ1n) is 7.99. The van der Waals surface area contributed by atoms with Crippen molar-refractivity contribution in [2.75, 3.05) is 6.54 Å². The number of aliphatic hydroxyl groups is 1. The minimum atomic E-state index is -0.678. The monoisotopic (exact) mass is 318 g/mol. The molecule has 0 aliphatic carbocycles. The number of aliphatic hydroxyl groups excluding tert-OH is 1. The van der Waals surface area contributed by atoms with Gasteiger partial charge >= 0.3 is 0 Å². The molecule has 2 unspecified atom stereocenters. The van der Waals surface area contributed by atoms with Gasteiger partial charge in [0, 0.05) is 24.6 Å². The van der Waals surface area contributed by atoms with E-state index in [4.69, 9.17) is 8.94 Å². The molecule has 0 radical (unpaired) electrons. The van der Waals surface area contributed by atoms with Crippen LogP contribution < -0.4 is 0 Å². The Morgan fingerprint density at radius 3 is 3.00 bits per heavy atom. The number of hydrogen-bond donors (Lipinski definition) is 1. The second-order valence-corrected chi connectivity index (χ2v) is 6.13. The minimum absolute atomic E-state index is 0.0445. The summed E-state index contributed by atoms with van der Waals surface area (Å²) in [6, 6.07) is 3.56. The second kappa shape index (κ2) is 6.58. The number of nitrogens with zero attached hydrogens (tertiary/aromatic N) is 2. The van der Waals surface area contributed by atoms with E-state index < -0.39 is 6.10 Å². The van der Waals surface area contributed by atoms with Crippen LogP contribution in [-0.2, 0) is 11.2 Å². The van der Waals surface area contributed by atoms with Crippen LogP contribution in [-0.4, -0.2) is 33.7 Å². The van der Waals surface area contributed by atoms with Crippen molar-refractivity contribution in [2.24, 2.45) is 0 Å². The van der Waals surface area contributed by atoms with Crippen molar-refractivity contribution >= 4 is 5.91 Å². The third kappa shape index (κ3) is 3.32. The van der Waals surface area contributed by atoms with Crippen molar-refractivity contribution in [3.8, 4) is 0 Å². The van der Waals surface area contributed by atoms with Crippen molar-refractivity contribution < 1.29 is 18.8 Å². The van der Waals surface area contributed by atoms with Gasteiger partial charge in [0.1, 0.15) is 17.6 Å². The number of hydrogen-bond acceptors (Lipinski definition) is 5. The number of furan rings is 1. The quantitative estimate of drug-likeness (QED) is 0.916. The zero-order chi connectivity index (χ0) is 16.4. The molecule has 0 spiro atoms. The highest BCUT2D eigenvalue weighted by molar-refractivity contribution is 5.79. The number of aryl methyl sites for hydroxylation is 2. The average molecular weight is 318 g/mol. The van der Waals surface area contributed by atoms with Crippen LogP contribution in [0.1, 0.15) is 48.1 Å². The van der Waals surface area contributed by atoms with Crippen LogP contribution in [0.5, 0.6) is 0 Å². The SMILES string of the molecule is Cc1noc(C)c1CC(=O)N1CCCC1CC(O)c1ccco1. The van der Waals surface area contributed by atoms with E-state index in [1.165, 1.54) is 0 Å². The molecule has 0 bridgehead atoms. The van der Waals surface area contributed by atoms with E-state index in [9.17, 15) is 9.90 Å². The third-order valence-corrected chi connectivity index (χ3v) is 4.57. The molecule has 1 N–H and O–H groups in total. The van der Waals surface area contributed by atoms with Crippen LogP contribution in [0.25, 0.3) is 0 Å². The van der Waals surface area contributed by atoms with Crippen molar-refractivity contribution in [1.82, 2.24) is 10.1 Å². The Hall–Kier alpha value is -2.08. The summed E-state index contributed by atoms with van der Waals surface area (Å²) in [7, 11) is 0. The highest BCUT2D eigenvalue weighted by Crippen LogP contribution is 2.28. The molecule has 0 aromatic carbocycles. The number of carbonyl (C=O) groups excluding carboxylic acids is 1. The summed E-state index contributed by atoms with van der Waals surface area (Å²) in [4.78, 5) is 14.5. The van der Waals surface area contributed by atoms with Gasteiger partial charge in [-0.1, -0.05) is 5.16 Å². The molecule has 2 aromatic heterocycles. The Morgan fingerprint density at radius 1 is 1.52 bits per heavy atom. The fourth-order valence-corrected chi connectivity index (χ4v) is 3.27. The summed E-state index contributed by atoms with van der Waals surface area (Å²) in [5, 5.41) is 14.2. The normalized spacial score (nSPS) is 19.3. The van der Waals surface area contributed by atoms with E-state index in [0.717, 1.165) is 30.6 Å². The first-order valence-corrected chi connectivity index (χ1v) is 7.99. The molecule has 2 aromatic rings. The zero-order valence-electron chi connectivity index (χ0n) is 13.5. The lowest BCUT2D eigenvalue weighted by Gasteiger charge is -2.26. The van der Waals surface area contributed by atoms with Crippen molar-refractivity contribution in [3.63, 3.8) is 0 Å². The van der Waals surface area contributed by atoms with Crippen LogP contribution in [0.3, 0.4) is 0 Å². The summed E-state index contributed by atoms with van der Waals surface area (Å²) in [6.45, 7) is 4.41. The van der Waals surface area contributed by atoms with E-state index in [2.05, 4.69) is 5.16 Å². The van der Waals surface area contributed by atoms with Crippen LogP contribution >= 0.6 is 0 Å². The molecule has 1 fully saturated rings. The van der Waals surface area contributed by atoms with Gasteiger partial charge in [-0.05, 0) is 38.8 Å². The molecule has 6 nitrogen and oxygen atoms in total. The van der Waals surface area contributed by atoms with Gasteiger partial charge in [-0.15, -0.1) is 0 Å². The van der Waals surface area contributed by atoms with E-state index in [1.54, 1.807) is 18.4 Å². The Kier molecular flexibility index (Phi) is 4.52. The molecule has 1 aliphatic rings. The fraction of sp³-hybridized carbons (Fsp3) is 0.529. The predicted molar refractivity (Wildman–Crippen MR) is 82.7 cm³/mol. The maximum atomic E-state index is 12.6. The topological polar surface area (TPSA) is 79.7 Å². The van der Waals surface area contributed by atoms with Crippen molar-refractivity contribution in [2.45, 2.75) is 51.7 Å². The average Bonchev–Trinajstić information content (AvgIpc) is 3.25. The van der Waals surface area contributed by atoms with E-state index in [0.29, 0.717) is 24.4 Å². The van der Waals surface area contributed by atoms with Crippen LogP contribution in [0.15, 0.2) is 27.3 Å². The van der Waals surface area contributed by atoms with Crippen molar-refractivity contribution in [1.29, 1.82) is 0 Å². The summed E-state index contributed by atoms with van der Waals surface area (Å²) in [5.74, 6) is 1.31. The highest BCUT2D eigenvalue weighted by atomic mass is 16.5. The Morgan fingerprint density at radius 2 is 2.35 bits per heavy atom. The molecule has 2 atom stereocenters. The van der Waals surface area contributed by atoms with Gasteiger partial charge in [-0.2, -0.15) is 0 Å². The number of aromatic nitrogens is 1. The van der Waals surface area contributed by atoms with Gasteiger partial charge in [0.25, 0.3) is 0 Å². The van der Waals surface area contributed by atoms with Gasteiger partial charge in [-0.3, -0.25) is 4.79 Å². The zero-order valence-corrected chi connectivity index (χ0v) is 13.5. The second-order valence-electron chi connectivity index (χ2n) is 6.13. The lowest BCUT2D eigenvalue weighted by atomic mass is 10.0. The maximum Gasteiger partial charge on any atom is 0.227 e. The number of likely N-dealkylation sites (tertiary alicyclic amines) is 1.